The molecule has 4 heteroatoms. The van der Waals surface area contributed by atoms with Crippen molar-refractivity contribution < 1.29 is 9.13 Å². The Kier molecular flexibility index (Phi) is 5.97. The first-order valence-electron chi connectivity index (χ1n) is 8.08. The van der Waals surface area contributed by atoms with Crippen LogP contribution in [0.3, 0.4) is 0 Å². The van der Waals surface area contributed by atoms with Crippen LogP contribution < -0.4 is 10.1 Å². The fourth-order valence-corrected chi connectivity index (χ4v) is 2.80. The largest absolute Gasteiger partial charge is 0.474 e. The molecule has 0 radical (unpaired) electrons. The fraction of sp³-hybridized carbons (Fsp3) is 0.706. The molecule has 0 spiro atoms. The van der Waals surface area contributed by atoms with Gasteiger partial charge in [-0.15, -0.1) is 0 Å². The van der Waals surface area contributed by atoms with Crippen LogP contribution in [0, 0.1) is 17.7 Å². The van der Waals surface area contributed by atoms with Gasteiger partial charge in [0.1, 0.15) is 11.9 Å². The maximum atomic E-state index is 13.4. The van der Waals surface area contributed by atoms with Crippen molar-refractivity contribution in [3.8, 4) is 5.88 Å². The Bertz CT molecular complexity index is 450. The molecule has 1 saturated carbocycles. The molecule has 3 nitrogen and oxygen atoms in total. The van der Waals surface area contributed by atoms with E-state index in [9.17, 15) is 4.39 Å². The molecule has 0 saturated heterocycles. The van der Waals surface area contributed by atoms with Crippen molar-refractivity contribution in [3.63, 3.8) is 0 Å². The van der Waals surface area contributed by atoms with E-state index < -0.39 is 0 Å². The van der Waals surface area contributed by atoms with Gasteiger partial charge in [0.15, 0.2) is 0 Å². The monoisotopic (exact) mass is 294 g/mol. The average Bonchev–Trinajstić information content (AvgIpc) is 2.43. The van der Waals surface area contributed by atoms with Crippen LogP contribution >= 0.6 is 0 Å². The average molecular weight is 294 g/mol. The molecule has 1 aromatic rings. The number of pyridine rings is 1. The van der Waals surface area contributed by atoms with Crippen LogP contribution in [-0.4, -0.2) is 17.6 Å². The van der Waals surface area contributed by atoms with Gasteiger partial charge in [-0.05, 0) is 43.7 Å². The summed E-state index contributed by atoms with van der Waals surface area (Å²) in [5.41, 5.74) is 0.813. The molecule has 2 unspecified atom stereocenters. The molecule has 1 N–H and O–H groups in total. The highest BCUT2D eigenvalue weighted by Gasteiger charge is 2.24. The van der Waals surface area contributed by atoms with Gasteiger partial charge in [0.2, 0.25) is 5.88 Å². The van der Waals surface area contributed by atoms with E-state index in [4.69, 9.17) is 4.74 Å². The third-order valence-corrected chi connectivity index (χ3v) is 4.06. The van der Waals surface area contributed by atoms with Crippen LogP contribution in [0.25, 0.3) is 0 Å². The van der Waals surface area contributed by atoms with Gasteiger partial charge in [-0.25, -0.2) is 9.37 Å². The summed E-state index contributed by atoms with van der Waals surface area (Å²) in [5, 5.41) is 3.33. The van der Waals surface area contributed by atoms with Crippen LogP contribution in [-0.2, 0) is 6.54 Å². The summed E-state index contributed by atoms with van der Waals surface area (Å²) in [5.74, 6) is 1.39. The van der Waals surface area contributed by atoms with Crippen molar-refractivity contribution in [2.24, 2.45) is 11.8 Å². The first-order chi connectivity index (χ1) is 10.1. The highest BCUT2D eigenvalue weighted by Crippen LogP contribution is 2.28. The number of aromatic nitrogens is 1. The quantitative estimate of drug-likeness (QED) is 0.863. The highest BCUT2D eigenvalue weighted by atomic mass is 19.1. The molecule has 1 aliphatic rings. The summed E-state index contributed by atoms with van der Waals surface area (Å²) < 4.78 is 19.5. The number of hydrogen-bond acceptors (Lipinski definition) is 3. The van der Waals surface area contributed by atoms with Gasteiger partial charge in [0.05, 0.1) is 6.20 Å². The minimum Gasteiger partial charge on any atom is -0.474 e. The Hall–Kier alpha value is -1.16. The van der Waals surface area contributed by atoms with Crippen LogP contribution in [0.5, 0.6) is 5.88 Å². The Morgan fingerprint density at radius 1 is 1.38 bits per heavy atom. The van der Waals surface area contributed by atoms with Crippen LogP contribution in [0.2, 0.25) is 0 Å². The Morgan fingerprint density at radius 2 is 2.14 bits per heavy atom. The van der Waals surface area contributed by atoms with E-state index >= 15 is 0 Å². The molecule has 1 fully saturated rings. The van der Waals surface area contributed by atoms with Gasteiger partial charge in [-0.2, -0.15) is 0 Å². The zero-order valence-corrected chi connectivity index (χ0v) is 13.4. The zero-order valence-electron chi connectivity index (χ0n) is 13.4. The number of nitrogens with one attached hydrogen (secondary N) is 1. The SMILES string of the molecule is CC(C)CNCc1cc(F)cnc1OC1CCCCC1C. The summed E-state index contributed by atoms with van der Waals surface area (Å²) in [6.07, 6.45) is 6.21. The molecular formula is C17H27FN2O. The van der Waals surface area contributed by atoms with Crippen molar-refractivity contribution in [1.82, 2.24) is 10.3 Å². The van der Waals surface area contributed by atoms with Crippen LogP contribution in [0.1, 0.15) is 52.0 Å². The van der Waals surface area contributed by atoms with E-state index in [2.05, 4.69) is 31.1 Å². The topological polar surface area (TPSA) is 34.2 Å². The highest BCUT2D eigenvalue weighted by molar-refractivity contribution is 5.26. The number of hydrogen-bond donors (Lipinski definition) is 1. The van der Waals surface area contributed by atoms with Crippen molar-refractivity contribution in [2.75, 3.05) is 6.54 Å². The van der Waals surface area contributed by atoms with Crippen molar-refractivity contribution >= 4 is 0 Å². The molecule has 1 heterocycles. The van der Waals surface area contributed by atoms with E-state index in [0.29, 0.717) is 24.3 Å². The second kappa shape index (κ2) is 7.74. The summed E-state index contributed by atoms with van der Waals surface area (Å²) in [6, 6.07) is 1.53. The molecule has 0 aromatic carbocycles. The molecule has 1 aliphatic carbocycles. The first-order valence-corrected chi connectivity index (χ1v) is 8.08. The summed E-state index contributed by atoms with van der Waals surface area (Å²) in [4.78, 5) is 4.17. The van der Waals surface area contributed by atoms with Crippen LogP contribution in [0.15, 0.2) is 12.3 Å². The van der Waals surface area contributed by atoms with E-state index in [1.165, 1.54) is 31.5 Å². The molecule has 2 rings (SSSR count). The van der Waals surface area contributed by atoms with Crippen molar-refractivity contribution in [1.29, 1.82) is 0 Å². The minimum absolute atomic E-state index is 0.209. The van der Waals surface area contributed by atoms with Gasteiger partial charge in [-0.1, -0.05) is 27.2 Å². The van der Waals surface area contributed by atoms with Gasteiger partial charge in [-0.3, -0.25) is 0 Å². The maximum absolute atomic E-state index is 13.4. The molecule has 0 bridgehead atoms. The molecule has 21 heavy (non-hydrogen) atoms. The minimum atomic E-state index is -0.305. The lowest BCUT2D eigenvalue weighted by Gasteiger charge is -2.29. The predicted molar refractivity (Wildman–Crippen MR) is 82.8 cm³/mol. The molecule has 0 amide bonds. The zero-order chi connectivity index (χ0) is 15.2. The number of ether oxygens (including phenoxy) is 1. The van der Waals surface area contributed by atoms with E-state index in [1.807, 2.05) is 0 Å². The standard InChI is InChI=1S/C17H27FN2O/c1-12(2)9-19-10-14-8-15(18)11-20-17(14)21-16-7-5-4-6-13(16)3/h8,11-13,16,19H,4-7,9-10H2,1-3H3. The second-order valence-electron chi connectivity index (χ2n) is 6.56. The first kappa shape index (κ1) is 16.2. The van der Waals surface area contributed by atoms with Crippen molar-refractivity contribution in [3.05, 3.63) is 23.6 Å². The third kappa shape index (κ3) is 4.95. The molecule has 1 aromatic heterocycles. The Balaban J connectivity index is 2.03. The van der Waals surface area contributed by atoms with Gasteiger partial charge >= 0.3 is 0 Å². The van der Waals surface area contributed by atoms with E-state index in [-0.39, 0.29) is 11.9 Å². The molecule has 2 atom stereocenters. The van der Waals surface area contributed by atoms with Gasteiger partial charge in [0, 0.05) is 12.1 Å². The normalized spacial score (nSPS) is 22.5. The van der Waals surface area contributed by atoms with E-state index in [0.717, 1.165) is 18.5 Å². The van der Waals surface area contributed by atoms with Gasteiger partial charge < -0.3 is 10.1 Å². The number of halogens is 1. The summed E-state index contributed by atoms with van der Waals surface area (Å²) in [6.45, 7) is 8.02. The molecule has 118 valence electrons. The molecular weight excluding hydrogens is 267 g/mol. The second-order valence-corrected chi connectivity index (χ2v) is 6.56. The lowest BCUT2D eigenvalue weighted by atomic mass is 9.88. The Morgan fingerprint density at radius 3 is 2.86 bits per heavy atom. The smallest absolute Gasteiger partial charge is 0.218 e. The maximum Gasteiger partial charge on any atom is 0.218 e. The predicted octanol–water partition coefficient (Wildman–Crippen LogP) is 3.92. The number of rotatable bonds is 6. The lowest BCUT2D eigenvalue weighted by Crippen LogP contribution is -2.29. The van der Waals surface area contributed by atoms with Crippen LogP contribution in [0.4, 0.5) is 4.39 Å². The van der Waals surface area contributed by atoms with Crippen molar-refractivity contribution in [2.45, 2.75) is 59.1 Å². The number of nitrogens with zero attached hydrogens (tertiary/aromatic N) is 1. The summed E-state index contributed by atoms with van der Waals surface area (Å²) >= 11 is 0. The summed E-state index contributed by atoms with van der Waals surface area (Å²) in [7, 11) is 0. The Labute approximate surface area is 127 Å². The lowest BCUT2D eigenvalue weighted by molar-refractivity contribution is 0.0960. The molecule has 0 aliphatic heterocycles. The van der Waals surface area contributed by atoms with Gasteiger partial charge in [0.25, 0.3) is 0 Å². The fourth-order valence-electron chi connectivity index (χ4n) is 2.80. The van der Waals surface area contributed by atoms with E-state index in [1.54, 1.807) is 0 Å². The third-order valence-electron chi connectivity index (χ3n) is 4.06.